The standard InChI is InChI=1S/C22H42N8O/c1-7-28(8-2)22-26-20(23-12-10-15-29-14-9-11-19(29)31)25-21(27-22)24-13-16-30(17(3)4)18(5)6/h17-18H,7-16H2,1-6H3,(H2,23,24,25,26,27). The van der Waals surface area contributed by atoms with Crippen molar-refractivity contribution in [1.29, 1.82) is 0 Å². The van der Waals surface area contributed by atoms with Gasteiger partial charge in [0, 0.05) is 64.3 Å². The molecule has 1 aromatic heterocycles. The molecule has 0 radical (unpaired) electrons. The molecule has 0 spiro atoms. The molecule has 1 aliphatic heterocycles. The van der Waals surface area contributed by atoms with Crippen molar-refractivity contribution in [3.05, 3.63) is 0 Å². The Balaban J connectivity index is 1.98. The largest absolute Gasteiger partial charge is 0.354 e. The summed E-state index contributed by atoms with van der Waals surface area (Å²) < 4.78 is 0. The van der Waals surface area contributed by atoms with Gasteiger partial charge >= 0.3 is 0 Å². The van der Waals surface area contributed by atoms with Crippen LogP contribution in [0.4, 0.5) is 17.8 Å². The van der Waals surface area contributed by atoms with Gasteiger partial charge in [-0.15, -0.1) is 0 Å². The van der Waals surface area contributed by atoms with Crippen LogP contribution in [0.3, 0.4) is 0 Å². The van der Waals surface area contributed by atoms with E-state index in [4.69, 9.17) is 0 Å². The zero-order valence-corrected chi connectivity index (χ0v) is 20.3. The molecule has 2 rings (SSSR count). The summed E-state index contributed by atoms with van der Waals surface area (Å²) in [6.07, 6.45) is 2.54. The third-order valence-corrected chi connectivity index (χ3v) is 5.71. The Hall–Kier alpha value is -2.16. The van der Waals surface area contributed by atoms with Crippen LogP contribution in [-0.4, -0.2) is 88.6 Å². The minimum Gasteiger partial charge on any atom is -0.354 e. The first kappa shape index (κ1) is 25.1. The van der Waals surface area contributed by atoms with Gasteiger partial charge < -0.3 is 20.4 Å². The Morgan fingerprint density at radius 2 is 1.58 bits per heavy atom. The number of nitrogens with zero attached hydrogens (tertiary/aromatic N) is 6. The van der Waals surface area contributed by atoms with Crippen LogP contribution in [0.2, 0.25) is 0 Å². The Bertz CT molecular complexity index is 669. The molecule has 176 valence electrons. The van der Waals surface area contributed by atoms with E-state index >= 15 is 0 Å². The minimum atomic E-state index is 0.271. The SMILES string of the molecule is CCN(CC)c1nc(NCCCN2CCCC2=O)nc(NCCN(C(C)C)C(C)C)n1. The van der Waals surface area contributed by atoms with E-state index in [0.717, 1.165) is 58.7 Å². The van der Waals surface area contributed by atoms with E-state index in [2.05, 4.69) is 76.9 Å². The first-order chi connectivity index (χ1) is 14.8. The van der Waals surface area contributed by atoms with Crippen LogP contribution < -0.4 is 15.5 Å². The van der Waals surface area contributed by atoms with E-state index in [1.807, 2.05) is 4.90 Å². The fourth-order valence-corrected chi connectivity index (χ4v) is 3.99. The van der Waals surface area contributed by atoms with Crippen molar-refractivity contribution in [2.45, 2.75) is 72.9 Å². The van der Waals surface area contributed by atoms with Crippen molar-refractivity contribution >= 4 is 23.8 Å². The van der Waals surface area contributed by atoms with Gasteiger partial charge in [-0.05, 0) is 54.4 Å². The van der Waals surface area contributed by atoms with E-state index in [1.165, 1.54) is 0 Å². The Kier molecular flexibility index (Phi) is 10.2. The second kappa shape index (κ2) is 12.6. The van der Waals surface area contributed by atoms with E-state index in [9.17, 15) is 4.79 Å². The Morgan fingerprint density at radius 1 is 0.968 bits per heavy atom. The number of carbonyl (C=O) groups is 1. The topological polar surface area (TPSA) is 89.5 Å². The van der Waals surface area contributed by atoms with Crippen LogP contribution in [-0.2, 0) is 4.79 Å². The highest BCUT2D eigenvalue weighted by molar-refractivity contribution is 5.78. The third-order valence-electron chi connectivity index (χ3n) is 5.71. The van der Waals surface area contributed by atoms with Crippen LogP contribution in [0.5, 0.6) is 0 Å². The predicted molar refractivity (Wildman–Crippen MR) is 128 cm³/mol. The molecule has 0 saturated carbocycles. The van der Waals surface area contributed by atoms with E-state index in [1.54, 1.807) is 0 Å². The number of amides is 1. The summed E-state index contributed by atoms with van der Waals surface area (Å²) in [5.74, 6) is 2.13. The number of hydrogen-bond acceptors (Lipinski definition) is 8. The highest BCUT2D eigenvalue weighted by Crippen LogP contribution is 2.14. The molecule has 2 heterocycles. The molecule has 1 amide bonds. The number of nitrogens with one attached hydrogen (secondary N) is 2. The zero-order valence-electron chi connectivity index (χ0n) is 20.3. The van der Waals surface area contributed by atoms with Gasteiger partial charge in [0.2, 0.25) is 23.8 Å². The number of carbonyl (C=O) groups excluding carboxylic acids is 1. The molecular formula is C22H42N8O. The van der Waals surface area contributed by atoms with Crippen LogP contribution in [0, 0.1) is 0 Å². The van der Waals surface area contributed by atoms with E-state index < -0.39 is 0 Å². The highest BCUT2D eigenvalue weighted by Gasteiger charge is 2.19. The minimum absolute atomic E-state index is 0.271. The monoisotopic (exact) mass is 434 g/mol. The van der Waals surface area contributed by atoms with Gasteiger partial charge in [0.15, 0.2) is 0 Å². The van der Waals surface area contributed by atoms with Gasteiger partial charge in [0.05, 0.1) is 0 Å². The van der Waals surface area contributed by atoms with Crippen LogP contribution in [0.1, 0.15) is 60.8 Å². The molecule has 1 fully saturated rings. The molecule has 1 saturated heterocycles. The molecule has 0 bridgehead atoms. The second-order valence-corrected chi connectivity index (χ2v) is 8.57. The molecule has 9 heteroatoms. The van der Waals surface area contributed by atoms with Gasteiger partial charge in [0.25, 0.3) is 0 Å². The number of rotatable bonds is 14. The van der Waals surface area contributed by atoms with Crippen molar-refractivity contribution in [1.82, 2.24) is 24.8 Å². The molecular weight excluding hydrogens is 392 g/mol. The summed E-state index contributed by atoms with van der Waals surface area (Å²) in [5, 5.41) is 6.71. The van der Waals surface area contributed by atoms with Gasteiger partial charge in [-0.25, -0.2) is 0 Å². The maximum Gasteiger partial charge on any atom is 0.231 e. The summed E-state index contributed by atoms with van der Waals surface area (Å²) in [4.78, 5) is 32.1. The van der Waals surface area contributed by atoms with Crippen molar-refractivity contribution in [3.63, 3.8) is 0 Å². The van der Waals surface area contributed by atoms with Crippen LogP contribution >= 0.6 is 0 Å². The lowest BCUT2D eigenvalue weighted by Gasteiger charge is -2.30. The summed E-state index contributed by atoms with van der Waals surface area (Å²) in [7, 11) is 0. The predicted octanol–water partition coefficient (Wildman–Crippen LogP) is 2.67. The normalized spacial score (nSPS) is 14.2. The molecule has 2 N–H and O–H groups in total. The third kappa shape index (κ3) is 7.79. The van der Waals surface area contributed by atoms with Crippen molar-refractivity contribution in [2.24, 2.45) is 0 Å². The number of likely N-dealkylation sites (tertiary alicyclic amines) is 1. The molecule has 0 unspecified atom stereocenters. The molecule has 31 heavy (non-hydrogen) atoms. The number of hydrogen-bond donors (Lipinski definition) is 2. The highest BCUT2D eigenvalue weighted by atomic mass is 16.2. The van der Waals surface area contributed by atoms with Crippen molar-refractivity contribution in [3.8, 4) is 0 Å². The molecule has 1 aliphatic rings. The molecule has 0 aliphatic carbocycles. The average molecular weight is 435 g/mol. The number of aromatic nitrogens is 3. The average Bonchev–Trinajstić information content (AvgIpc) is 3.13. The van der Waals surface area contributed by atoms with Crippen molar-refractivity contribution in [2.75, 3.05) is 61.3 Å². The van der Waals surface area contributed by atoms with E-state index in [-0.39, 0.29) is 5.91 Å². The summed E-state index contributed by atoms with van der Waals surface area (Å²) in [5.41, 5.74) is 0. The smallest absolute Gasteiger partial charge is 0.231 e. The van der Waals surface area contributed by atoms with Gasteiger partial charge in [-0.1, -0.05) is 0 Å². The lowest BCUT2D eigenvalue weighted by molar-refractivity contribution is -0.127. The number of anilines is 3. The summed E-state index contributed by atoms with van der Waals surface area (Å²) >= 11 is 0. The maximum atomic E-state index is 11.8. The first-order valence-electron chi connectivity index (χ1n) is 11.9. The van der Waals surface area contributed by atoms with Crippen molar-refractivity contribution < 1.29 is 4.79 Å². The fourth-order valence-electron chi connectivity index (χ4n) is 3.99. The Labute approximate surface area is 188 Å². The quantitative estimate of drug-likeness (QED) is 0.432. The fraction of sp³-hybridized carbons (Fsp3) is 0.818. The van der Waals surface area contributed by atoms with Gasteiger partial charge in [0.1, 0.15) is 0 Å². The molecule has 1 aromatic rings. The molecule has 0 atom stereocenters. The first-order valence-corrected chi connectivity index (χ1v) is 11.9. The summed E-state index contributed by atoms with van der Waals surface area (Å²) in [6, 6.07) is 0.984. The lowest BCUT2D eigenvalue weighted by atomic mass is 10.2. The maximum absolute atomic E-state index is 11.8. The molecule has 0 aromatic carbocycles. The molecule has 9 nitrogen and oxygen atoms in total. The lowest BCUT2D eigenvalue weighted by Crippen LogP contribution is -2.40. The summed E-state index contributed by atoms with van der Waals surface area (Å²) in [6.45, 7) is 18.8. The van der Waals surface area contributed by atoms with Gasteiger partial charge in [-0.2, -0.15) is 15.0 Å². The Morgan fingerprint density at radius 3 is 2.10 bits per heavy atom. The van der Waals surface area contributed by atoms with Crippen LogP contribution in [0.15, 0.2) is 0 Å². The van der Waals surface area contributed by atoms with Gasteiger partial charge in [-0.3, -0.25) is 9.69 Å². The second-order valence-electron chi connectivity index (χ2n) is 8.57. The zero-order chi connectivity index (χ0) is 22.8. The van der Waals surface area contributed by atoms with Crippen LogP contribution in [0.25, 0.3) is 0 Å². The van der Waals surface area contributed by atoms with E-state index in [0.29, 0.717) is 36.3 Å².